The number of hydrogen-bond acceptors (Lipinski definition) is 4. The van der Waals surface area contributed by atoms with Crippen molar-refractivity contribution in [3.05, 3.63) is 30.5 Å². The molecule has 3 aromatic rings. The van der Waals surface area contributed by atoms with E-state index in [9.17, 15) is 0 Å². The summed E-state index contributed by atoms with van der Waals surface area (Å²) in [5.41, 5.74) is 1.83. The Hall–Kier alpha value is -2.17. The number of aromatic nitrogens is 4. The number of H-pyrrole nitrogens is 1. The van der Waals surface area contributed by atoms with Gasteiger partial charge in [-0.2, -0.15) is 0 Å². The summed E-state index contributed by atoms with van der Waals surface area (Å²) in [6, 6.07) is 7.72. The summed E-state index contributed by atoms with van der Waals surface area (Å²) in [7, 11) is 0. The number of para-hydroxylation sites is 2. The second-order valence-corrected chi connectivity index (χ2v) is 2.82. The number of aromatic amines is 1. The fourth-order valence-electron chi connectivity index (χ4n) is 1.30. The van der Waals surface area contributed by atoms with E-state index < -0.39 is 0 Å². The molecule has 0 aliphatic heterocycles. The van der Waals surface area contributed by atoms with E-state index in [4.69, 9.17) is 4.52 Å². The Morgan fingerprint density at radius 3 is 3.00 bits per heavy atom. The van der Waals surface area contributed by atoms with Crippen LogP contribution in [-0.2, 0) is 0 Å². The lowest BCUT2D eigenvalue weighted by atomic mass is 10.3. The average Bonchev–Trinajstić information content (AvgIpc) is 2.86. The van der Waals surface area contributed by atoms with Crippen LogP contribution in [0.5, 0.6) is 0 Å². The van der Waals surface area contributed by atoms with Gasteiger partial charge in [0, 0.05) is 5.27 Å². The molecule has 5 nitrogen and oxygen atoms in total. The van der Waals surface area contributed by atoms with Crippen LogP contribution in [0.2, 0.25) is 0 Å². The molecule has 0 aliphatic carbocycles. The summed E-state index contributed by atoms with van der Waals surface area (Å²) < 4.78 is 4.84. The standard InChI is InChI=1S/C9H5N4O/c1-2-4-7-6(3-1)11-9(12-7)8-5-10-13-14-8/h1-4H,(H,11,12). The van der Waals surface area contributed by atoms with Crippen molar-refractivity contribution in [1.29, 1.82) is 0 Å². The normalized spacial score (nSPS) is 10.9. The van der Waals surface area contributed by atoms with Crippen molar-refractivity contribution in [1.82, 2.24) is 20.3 Å². The van der Waals surface area contributed by atoms with Crippen molar-refractivity contribution in [3.63, 3.8) is 0 Å². The largest absolute Gasteiger partial charge is 0.335 e. The quantitative estimate of drug-likeness (QED) is 0.622. The van der Waals surface area contributed by atoms with E-state index in [2.05, 4.69) is 26.5 Å². The number of hydrogen-bond donors (Lipinski definition) is 1. The Balaban J connectivity index is 2.24. The van der Waals surface area contributed by atoms with E-state index in [-0.39, 0.29) is 0 Å². The Morgan fingerprint density at radius 2 is 2.21 bits per heavy atom. The van der Waals surface area contributed by atoms with Gasteiger partial charge in [-0.3, -0.25) is 0 Å². The SMILES string of the molecule is [c]1nnoc1-c1nc2ccccc2[nH]1. The van der Waals surface area contributed by atoms with E-state index in [0.717, 1.165) is 11.0 Å². The lowest BCUT2D eigenvalue weighted by molar-refractivity contribution is 0.402. The summed E-state index contributed by atoms with van der Waals surface area (Å²) in [5.74, 6) is 1.01. The molecular formula is C9H5N4O. The highest BCUT2D eigenvalue weighted by Gasteiger charge is 2.08. The highest BCUT2D eigenvalue weighted by molar-refractivity contribution is 5.78. The molecule has 67 valence electrons. The van der Waals surface area contributed by atoms with Gasteiger partial charge in [0.15, 0.2) is 12.0 Å². The van der Waals surface area contributed by atoms with Crippen molar-refractivity contribution in [2.45, 2.75) is 0 Å². The van der Waals surface area contributed by atoms with Gasteiger partial charge in [0.1, 0.15) is 0 Å². The summed E-state index contributed by atoms with van der Waals surface area (Å²) in [4.78, 5) is 7.38. The maximum absolute atomic E-state index is 4.84. The van der Waals surface area contributed by atoms with Gasteiger partial charge in [-0.05, 0) is 12.1 Å². The molecule has 0 amide bonds. The van der Waals surface area contributed by atoms with Gasteiger partial charge >= 0.3 is 0 Å². The lowest BCUT2D eigenvalue weighted by Crippen LogP contribution is -1.74. The molecule has 0 bridgehead atoms. The van der Waals surface area contributed by atoms with Crippen LogP contribution in [0.25, 0.3) is 22.6 Å². The van der Waals surface area contributed by atoms with Gasteiger partial charge in [-0.25, -0.2) is 4.98 Å². The molecule has 1 radical (unpaired) electrons. The predicted octanol–water partition coefficient (Wildman–Crippen LogP) is 1.41. The topological polar surface area (TPSA) is 67.6 Å². The Labute approximate surface area is 78.8 Å². The van der Waals surface area contributed by atoms with E-state index >= 15 is 0 Å². The Morgan fingerprint density at radius 1 is 1.29 bits per heavy atom. The van der Waals surface area contributed by atoms with Crippen molar-refractivity contribution >= 4 is 11.0 Å². The second-order valence-electron chi connectivity index (χ2n) is 2.82. The molecule has 0 atom stereocenters. The molecule has 2 heterocycles. The van der Waals surface area contributed by atoms with Crippen molar-refractivity contribution < 1.29 is 4.52 Å². The Bertz CT molecular complexity index is 522. The maximum atomic E-state index is 4.84. The van der Waals surface area contributed by atoms with Crippen LogP contribution in [0.15, 0.2) is 28.8 Å². The first-order valence-corrected chi connectivity index (χ1v) is 4.08. The van der Waals surface area contributed by atoms with Gasteiger partial charge < -0.3 is 9.51 Å². The molecule has 14 heavy (non-hydrogen) atoms. The first-order valence-electron chi connectivity index (χ1n) is 4.08. The van der Waals surface area contributed by atoms with Crippen molar-refractivity contribution in [2.24, 2.45) is 0 Å². The fraction of sp³-hybridized carbons (Fsp3) is 0. The number of imidazole rings is 1. The molecule has 0 saturated heterocycles. The third-order valence-corrected chi connectivity index (χ3v) is 1.93. The van der Waals surface area contributed by atoms with E-state index in [1.165, 1.54) is 0 Å². The molecule has 0 aliphatic rings. The van der Waals surface area contributed by atoms with Gasteiger partial charge in [0.2, 0.25) is 5.76 Å². The van der Waals surface area contributed by atoms with Crippen molar-refractivity contribution in [3.8, 4) is 11.6 Å². The zero-order valence-electron chi connectivity index (χ0n) is 7.06. The number of nitrogens with zero attached hydrogens (tertiary/aromatic N) is 3. The first kappa shape index (κ1) is 7.25. The monoisotopic (exact) mass is 185 g/mol. The van der Waals surface area contributed by atoms with E-state index in [1.54, 1.807) is 0 Å². The van der Waals surface area contributed by atoms with Crippen LogP contribution in [0.4, 0.5) is 0 Å². The molecule has 0 spiro atoms. The molecule has 0 unspecified atom stereocenters. The van der Waals surface area contributed by atoms with Crippen LogP contribution in [0.1, 0.15) is 0 Å². The number of benzene rings is 1. The number of fused-ring (bicyclic) bond motifs is 1. The van der Waals surface area contributed by atoms with Crippen LogP contribution < -0.4 is 0 Å². The lowest BCUT2D eigenvalue weighted by Gasteiger charge is -1.82. The van der Waals surface area contributed by atoms with Crippen LogP contribution >= 0.6 is 0 Å². The van der Waals surface area contributed by atoms with E-state index in [1.807, 2.05) is 24.3 Å². The van der Waals surface area contributed by atoms with Crippen LogP contribution in [-0.4, -0.2) is 20.3 Å². The number of rotatable bonds is 1. The minimum atomic E-state index is 0.418. The minimum absolute atomic E-state index is 0.418. The molecule has 0 fully saturated rings. The molecule has 3 rings (SSSR count). The van der Waals surface area contributed by atoms with Gasteiger partial charge in [0.05, 0.1) is 11.0 Å². The third kappa shape index (κ3) is 0.990. The average molecular weight is 185 g/mol. The van der Waals surface area contributed by atoms with Gasteiger partial charge in [0.25, 0.3) is 0 Å². The number of nitrogens with one attached hydrogen (secondary N) is 1. The fourth-order valence-corrected chi connectivity index (χ4v) is 1.30. The van der Waals surface area contributed by atoms with Gasteiger partial charge in [-0.1, -0.05) is 12.1 Å². The summed E-state index contributed by atoms with van der Waals surface area (Å²) in [5, 5.41) is 6.80. The van der Waals surface area contributed by atoms with Gasteiger partial charge in [-0.15, -0.1) is 5.10 Å². The minimum Gasteiger partial charge on any atom is -0.335 e. The predicted molar refractivity (Wildman–Crippen MR) is 48.2 cm³/mol. The third-order valence-electron chi connectivity index (χ3n) is 1.93. The van der Waals surface area contributed by atoms with Crippen molar-refractivity contribution in [2.75, 3.05) is 0 Å². The highest BCUT2D eigenvalue weighted by Crippen LogP contribution is 2.17. The molecule has 1 aromatic carbocycles. The zero-order valence-corrected chi connectivity index (χ0v) is 7.06. The zero-order chi connectivity index (χ0) is 9.38. The smallest absolute Gasteiger partial charge is 0.232 e. The van der Waals surface area contributed by atoms with Crippen LogP contribution in [0.3, 0.4) is 0 Å². The Kier molecular flexibility index (Phi) is 1.38. The summed E-state index contributed by atoms with van der Waals surface area (Å²) in [6.45, 7) is 0. The van der Waals surface area contributed by atoms with Crippen LogP contribution in [0, 0.1) is 6.20 Å². The maximum Gasteiger partial charge on any atom is 0.232 e. The first-order chi connectivity index (χ1) is 6.93. The molecule has 1 N–H and O–H groups in total. The molecule has 5 heteroatoms. The second kappa shape index (κ2) is 2.66. The van der Waals surface area contributed by atoms with E-state index in [0.29, 0.717) is 11.6 Å². The summed E-state index contributed by atoms with van der Waals surface area (Å²) in [6.07, 6.45) is 2.59. The molecule has 0 saturated carbocycles. The molecular weight excluding hydrogens is 180 g/mol. The highest BCUT2D eigenvalue weighted by atomic mass is 16.5. The molecule has 2 aromatic heterocycles. The summed E-state index contributed by atoms with van der Waals surface area (Å²) >= 11 is 0.